The molecule has 0 unspecified atom stereocenters. The van der Waals surface area contributed by atoms with Gasteiger partial charge in [-0.25, -0.2) is 0 Å². The molecule has 2 atom stereocenters. The summed E-state index contributed by atoms with van der Waals surface area (Å²) in [7, 11) is 0. The predicted molar refractivity (Wildman–Crippen MR) is 69.9 cm³/mol. The number of aliphatic hydroxyl groups excluding tert-OH is 1. The van der Waals surface area contributed by atoms with Gasteiger partial charge < -0.3 is 15.7 Å². The van der Waals surface area contributed by atoms with E-state index in [1.807, 2.05) is 30.3 Å². The molecule has 19 heavy (non-hydrogen) atoms. The van der Waals surface area contributed by atoms with Crippen molar-refractivity contribution in [1.29, 1.82) is 0 Å². The first-order chi connectivity index (χ1) is 9.15. The molecule has 1 aliphatic heterocycles. The number of carbonyl (C=O) groups excluding carboxylic acids is 2. The van der Waals surface area contributed by atoms with Crippen molar-refractivity contribution in [2.45, 2.75) is 31.3 Å². The van der Waals surface area contributed by atoms with E-state index in [1.54, 1.807) is 0 Å². The third-order valence-corrected chi connectivity index (χ3v) is 3.51. The van der Waals surface area contributed by atoms with E-state index in [4.69, 9.17) is 5.73 Å². The average molecular weight is 262 g/mol. The molecule has 5 heteroatoms. The maximum atomic E-state index is 12.1. The second-order valence-electron chi connectivity index (χ2n) is 4.72. The van der Waals surface area contributed by atoms with Crippen molar-refractivity contribution in [2.24, 2.45) is 5.73 Å². The molecule has 0 saturated carbocycles. The van der Waals surface area contributed by atoms with Crippen molar-refractivity contribution in [2.75, 3.05) is 6.61 Å². The van der Waals surface area contributed by atoms with Crippen LogP contribution in [0, 0.1) is 0 Å². The topological polar surface area (TPSA) is 83.6 Å². The summed E-state index contributed by atoms with van der Waals surface area (Å²) >= 11 is 0. The molecule has 1 saturated heterocycles. The van der Waals surface area contributed by atoms with Gasteiger partial charge in [-0.15, -0.1) is 0 Å². The standard InChI is InChI=1S/C14H18N2O3/c15-14(19)11-7-4-8-13(18)16(11)12(9-17)10-5-2-1-3-6-10/h1-3,5-6,11-12,17H,4,7-9H2,(H2,15,19)/t11-,12+/m0/s1. The highest BCUT2D eigenvalue weighted by atomic mass is 16.3. The number of amides is 2. The zero-order chi connectivity index (χ0) is 13.8. The van der Waals surface area contributed by atoms with E-state index in [9.17, 15) is 14.7 Å². The number of benzene rings is 1. The highest BCUT2D eigenvalue weighted by molar-refractivity contribution is 5.88. The number of likely N-dealkylation sites (tertiary alicyclic amines) is 1. The van der Waals surface area contributed by atoms with Crippen LogP contribution in [0.4, 0.5) is 0 Å². The van der Waals surface area contributed by atoms with E-state index >= 15 is 0 Å². The van der Waals surface area contributed by atoms with Crippen molar-refractivity contribution in [3.63, 3.8) is 0 Å². The van der Waals surface area contributed by atoms with Crippen LogP contribution < -0.4 is 5.73 Å². The van der Waals surface area contributed by atoms with Crippen LogP contribution in [0.25, 0.3) is 0 Å². The number of primary amides is 1. The Morgan fingerprint density at radius 2 is 2.11 bits per heavy atom. The fourth-order valence-corrected chi connectivity index (χ4v) is 2.59. The molecule has 3 N–H and O–H groups in total. The van der Waals surface area contributed by atoms with Gasteiger partial charge in [0, 0.05) is 6.42 Å². The largest absolute Gasteiger partial charge is 0.394 e. The van der Waals surface area contributed by atoms with Crippen LogP contribution in [0.15, 0.2) is 30.3 Å². The summed E-state index contributed by atoms with van der Waals surface area (Å²) in [4.78, 5) is 25.0. The molecule has 0 radical (unpaired) electrons. The molecule has 1 aromatic rings. The zero-order valence-corrected chi connectivity index (χ0v) is 10.7. The Bertz CT molecular complexity index is 461. The normalized spacial score (nSPS) is 21.2. The summed E-state index contributed by atoms with van der Waals surface area (Å²) in [5.74, 6) is -0.639. The lowest BCUT2D eigenvalue weighted by molar-refractivity contribution is -0.147. The molecule has 0 aromatic heterocycles. The van der Waals surface area contributed by atoms with Gasteiger partial charge >= 0.3 is 0 Å². The summed E-state index contributed by atoms with van der Waals surface area (Å²) in [6.45, 7) is -0.223. The van der Waals surface area contributed by atoms with Crippen LogP contribution in [0.2, 0.25) is 0 Å². The molecule has 102 valence electrons. The highest BCUT2D eigenvalue weighted by Crippen LogP contribution is 2.29. The van der Waals surface area contributed by atoms with E-state index in [2.05, 4.69) is 0 Å². The molecule has 1 heterocycles. The number of piperidine rings is 1. The van der Waals surface area contributed by atoms with E-state index < -0.39 is 18.0 Å². The third kappa shape index (κ3) is 2.76. The molecule has 1 aliphatic rings. The number of hydrogen-bond acceptors (Lipinski definition) is 3. The van der Waals surface area contributed by atoms with Gasteiger partial charge in [0.1, 0.15) is 6.04 Å². The molecular formula is C14H18N2O3. The van der Waals surface area contributed by atoms with E-state index in [0.717, 1.165) is 5.56 Å². The number of carbonyl (C=O) groups is 2. The maximum Gasteiger partial charge on any atom is 0.240 e. The van der Waals surface area contributed by atoms with Gasteiger partial charge in [-0.1, -0.05) is 30.3 Å². The zero-order valence-electron chi connectivity index (χ0n) is 10.7. The first-order valence-electron chi connectivity index (χ1n) is 6.41. The Morgan fingerprint density at radius 1 is 1.42 bits per heavy atom. The fourth-order valence-electron chi connectivity index (χ4n) is 2.59. The van der Waals surface area contributed by atoms with Crippen LogP contribution >= 0.6 is 0 Å². The third-order valence-electron chi connectivity index (χ3n) is 3.51. The minimum absolute atomic E-state index is 0.127. The van der Waals surface area contributed by atoms with E-state index in [1.165, 1.54) is 4.90 Å². The van der Waals surface area contributed by atoms with Crippen LogP contribution in [-0.2, 0) is 9.59 Å². The quantitative estimate of drug-likeness (QED) is 0.832. The SMILES string of the molecule is NC(=O)[C@@H]1CCCC(=O)N1[C@H](CO)c1ccccc1. The first kappa shape index (κ1) is 13.5. The molecule has 5 nitrogen and oxygen atoms in total. The number of rotatable bonds is 4. The molecule has 1 aromatic carbocycles. The van der Waals surface area contributed by atoms with Crippen molar-refractivity contribution in [1.82, 2.24) is 4.90 Å². The van der Waals surface area contributed by atoms with Gasteiger partial charge in [-0.2, -0.15) is 0 Å². The van der Waals surface area contributed by atoms with E-state index in [-0.39, 0.29) is 12.5 Å². The van der Waals surface area contributed by atoms with E-state index in [0.29, 0.717) is 19.3 Å². The maximum absolute atomic E-state index is 12.1. The van der Waals surface area contributed by atoms with Crippen LogP contribution in [0.3, 0.4) is 0 Å². The lowest BCUT2D eigenvalue weighted by Crippen LogP contribution is -2.52. The molecule has 2 rings (SSSR count). The Kier molecular flexibility index (Phi) is 4.16. The van der Waals surface area contributed by atoms with Crippen molar-refractivity contribution >= 4 is 11.8 Å². The molecule has 2 amide bonds. The number of nitrogens with two attached hydrogens (primary N) is 1. The minimum Gasteiger partial charge on any atom is -0.394 e. The van der Waals surface area contributed by atoms with Gasteiger partial charge in [0.05, 0.1) is 12.6 Å². The Hall–Kier alpha value is -1.88. The predicted octanol–water partition coefficient (Wildman–Crippen LogP) is 0.586. The second kappa shape index (κ2) is 5.84. The summed E-state index contributed by atoms with van der Waals surface area (Å²) in [5, 5.41) is 9.60. The second-order valence-corrected chi connectivity index (χ2v) is 4.72. The summed E-state index contributed by atoms with van der Waals surface area (Å²) in [5.41, 5.74) is 6.19. The molecule has 0 bridgehead atoms. The van der Waals surface area contributed by atoms with Crippen molar-refractivity contribution < 1.29 is 14.7 Å². The van der Waals surface area contributed by atoms with Crippen LogP contribution in [-0.4, -0.2) is 34.5 Å². The first-order valence-corrected chi connectivity index (χ1v) is 6.41. The lowest BCUT2D eigenvalue weighted by Gasteiger charge is -2.39. The fraction of sp³-hybridized carbons (Fsp3) is 0.429. The van der Waals surface area contributed by atoms with Gasteiger partial charge in [0.2, 0.25) is 11.8 Å². The van der Waals surface area contributed by atoms with Gasteiger partial charge in [0.25, 0.3) is 0 Å². The summed E-state index contributed by atoms with van der Waals surface area (Å²) in [6, 6.07) is 8.07. The Balaban J connectivity index is 2.33. The van der Waals surface area contributed by atoms with Gasteiger partial charge in [-0.05, 0) is 18.4 Å². The van der Waals surface area contributed by atoms with Crippen molar-refractivity contribution in [3.05, 3.63) is 35.9 Å². The monoisotopic (exact) mass is 262 g/mol. The number of aliphatic hydroxyl groups is 1. The van der Waals surface area contributed by atoms with Gasteiger partial charge in [0.15, 0.2) is 0 Å². The highest BCUT2D eigenvalue weighted by Gasteiger charge is 2.36. The van der Waals surface area contributed by atoms with Crippen LogP contribution in [0.1, 0.15) is 30.9 Å². The summed E-state index contributed by atoms with van der Waals surface area (Å²) < 4.78 is 0. The molecule has 0 aliphatic carbocycles. The summed E-state index contributed by atoms with van der Waals surface area (Å²) in [6.07, 6.45) is 1.62. The molecule has 1 fully saturated rings. The average Bonchev–Trinajstić information content (AvgIpc) is 2.42. The van der Waals surface area contributed by atoms with Crippen molar-refractivity contribution in [3.8, 4) is 0 Å². The molecular weight excluding hydrogens is 244 g/mol. The Labute approximate surface area is 112 Å². The smallest absolute Gasteiger partial charge is 0.240 e. The molecule has 0 spiro atoms. The number of hydrogen-bond donors (Lipinski definition) is 2. The lowest BCUT2D eigenvalue weighted by atomic mass is 9.95. The van der Waals surface area contributed by atoms with Crippen LogP contribution in [0.5, 0.6) is 0 Å². The minimum atomic E-state index is -0.626. The number of nitrogens with zero attached hydrogens (tertiary/aromatic N) is 1. The van der Waals surface area contributed by atoms with Gasteiger partial charge in [-0.3, -0.25) is 9.59 Å². The Morgan fingerprint density at radius 3 is 2.68 bits per heavy atom.